The van der Waals surface area contributed by atoms with E-state index in [2.05, 4.69) is 20.8 Å². The van der Waals surface area contributed by atoms with Crippen molar-refractivity contribution in [2.24, 2.45) is 0 Å². The van der Waals surface area contributed by atoms with E-state index in [-0.39, 0.29) is 5.25 Å². The van der Waals surface area contributed by atoms with Crippen molar-refractivity contribution in [2.75, 3.05) is 18.0 Å². The van der Waals surface area contributed by atoms with E-state index in [1.165, 1.54) is 0 Å². The van der Waals surface area contributed by atoms with Gasteiger partial charge in [-0.25, -0.2) is 13.4 Å². The van der Waals surface area contributed by atoms with E-state index in [4.69, 9.17) is 28.2 Å². The smallest absolute Gasteiger partial charge is 0.185 e. The predicted molar refractivity (Wildman–Crippen MR) is 128 cm³/mol. The van der Waals surface area contributed by atoms with Gasteiger partial charge in [0.1, 0.15) is 0 Å². The first-order valence-electron chi connectivity index (χ1n) is 9.45. The Hall–Kier alpha value is -1.12. The lowest BCUT2D eigenvalue weighted by atomic mass is 10.1. The van der Waals surface area contributed by atoms with Crippen molar-refractivity contribution in [3.8, 4) is 0 Å². The van der Waals surface area contributed by atoms with E-state index in [1.807, 2.05) is 17.5 Å². The molecule has 1 aliphatic heterocycles. The monoisotopic (exact) mass is 544 g/mol. The van der Waals surface area contributed by atoms with Crippen LogP contribution in [0.3, 0.4) is 0 Å². The number of anilines is 1. The van der Waals surface area contributed by atoms with E-state index in [0.29, 0.717) is 47.3 Å². The van der Waals surface area contributed by atoms with Gasteiger partial charge in [0.25, 0.3) is 0 Å². The van der Waals surface area contributed by atoms with Crippen molar-refractivity contribution in [1.29, 1.82) is 0 Å². The summed E-state index contributed by atoms with van der Waals surface area (Å²) < 4.78 is 26.7. The molecule has 0 spiro atoms. The van der Waals surface area contributed by atoms with E-state index >= 15 is 0 Å². The summed E-state index contributed by atoms with van der Waals surface area (Å²) in [5.41, 5.74) is 2.03. The molecular formula is C21H19BrCl2N2O2S2. The van der Waals surface area contributed by atoms with Gasteiger partial charge in [0.2, 0.25) is 0 Å². The second kappa shape index (κ2) is 9.17. The molecule has 0 saturated carbocycles. The fraction of sp³-hybridized carbons (Fsp3) is 0.286. The molecule has 158 valence electrons. The minimum absolute atomic E-state index is 0.356. The van der Waals surface area contributed by atoms with Crippen LogP contribution in [0.1, 0.15) is 24.1 Å². The normalized spacial score (nSPS) is 15.5. The summed E-state index contributed by atoms with van der Waals surface area (Å²) in [4.78, 5) is 7.32. The Kier molecular flexibility index (Phi) is 6.75. The summed E-state index contributed by atoms with van der Waals surface area (Å²) in [6.07, 6.45) is 1.88. The fourth-order valence-corrected chi connectivity index (χ4v) is 6.75. The van der Waals surface area contributed by atoms with Crippen LogP contribution in [0.4, 0.5) is 5.13 Å². The number of halogens is 3. The van der Waals surface area contributed by atoms with Gasteiger partial charge >= 0.3 is 0 Å². The Bertz CT molecular complexity index is 1140. The lowest BCUT2D eigenvalue weighted by Crippen LogP contribution is -2.39. The zero-order valence-corrected chi connectivity index (χ0v) is 20.6. The standard InChI is InChI=1S/C21H19BrCl2N2O2S2/c22-15-2-4-17(5-3-15)30(27,28)18-7-9-26(10-8-18)21-25-16(13-29-21)11-14-1-6-19(23)20(24)12-14/h1-6,12-13,18H,7-11H2. The summed E-state index contributed by atoms with van der Waals surface area (Å²) in [6, 6.07) is 12.5. The Balaban J connectivity index is 1.40. The van der Waals surface area contributed by atoms with E-state index in [0.717, 1.165) is 20.9 Å². The molecule has 2 aromatic carbocycles. The van der Waals surface area contributed by atoms with Crippen molar-refractivity contribution in [3.05, 3.63) is 73.6 Å². The third-order valence-electron chi connectivity index (χ3n) is 5.20. The SMILES string of the molecule is O=S(=O)(c1ccc(Br)cc1)C1CCN(c2nc(Cc3ccc(Cl)c(Cl)c3)cs2)CC1. The largest absolute Gasteiger partial charge is 0.348 e. The molecule has 1 aromatic heterocycles. The number of nitrogens with zero attached hydrogens (tertiary/aromatic N) is 2. The Morgan fingerprint density at radius 3 is 2.43 bits per heavy atom. The lowest BCUT2D eigenvalue weighted by molar-refractivity contribution is 0.529. The minimum Gasteiger partial charge on any atom is -0.348 e. The molecule has 0 bridgehead atoms. The second-order valence-electron chi connectivity index (χ2n) is 7.23. The molecule has 1 saturated heterocycles. The Labute approximate surface area is 198 Å². The number of hydrogen-bond acceptors (Lipinski definition) is 5. The first-order chi connectivity index (χ1) is 14.3. The topological polar surface area (TPSA) is 50.3 Å². The highest BCUT2D eigenvalue weighted by atomic mass is 79.9. The van der Waals surface area contributed by atoms with Gasteiger partial charge in [-0.3, -0.25) is 0 Å². The van der Waals surface area contributed by atoms with E-state index in [1.54, 1.807) is 41.7 Å². The van der Waals surface area contributed by atoms with Crippen LogP contribution < -0.4 is 4.90 Å². The van der Waals surface area contributed by atoms with Gasteiger partial charge in [-0.2, -0.15) is 0 Å². The average Bonchev–Trinajstić information content (AvgIpc) is 3.20. The molecule has 2 heterocycles. The van der Waals surface area contributed by atoms with Gasteiger partial charge in [-0.1, -0.05) is 45.2 Å². The number of thiazole rings is 1. The molecule has 3 aromatic rings. The molecular weight excluding hydrogens is 527 g/mol. The van der Waals surface area contributed by atoms with Gasteiger partial charge in [0.15, 0.2) is 15.0 Å². The highest BCUT2D eigenvalue weighted by Gasteiger charge is 2.32. The highest BCUT2D eigenvalue weighted by molar-refractivity contribution is 9.10. The van der Waals surface area contributed by atoms with Crippen molar-refractivity contribution < 1.29 is 8.42 Å². The van der Waals surface area contributed by atoms with Crippen molar-refractivity contribution in [1.82, 2.24) is 4.98 Å². The first kappa shape index (κ1) is 22.1. The number of hydrogen-bond donors (Lipinski definition) is 0. The van der Waals surface area contributed by atoms with Crippen LogP contribution in [0, 0.1) is 0 Å². The zero-order valence-electron chi connectivity index (χ0n) is 15.9. The van der Waals surface area contributed by atoms with Crippen molar-refractivity contribution in [3.63, 3.8) is 0 Å². The molecule has 0 atom stereocenters. The molecule has 30 heavy (non-hydrogen) atoms. The van der Waals surface area contributed by atoms with Gasteiger partial charge < -0.3 is 4.90 Å². The molecule has 0 unspecified atom stereocenters. The second-order valence-corrected chi connectivity index (χ2v) is 12.0. The molecule has 0 amide bonds. The maximum Gasteiger partial charge on any atom is 0.185 e. The van der Waals surface area contributed by atoms with Crippen LogP contribution >= 0.6 is 50.5 Å². The van der Waals surface area contributed by atoms with Crippen molar-refractivity contribution >= 4 is 65.4 Å². The fourth-order valence-electron chi connectivity index (χ4n) is 3.56. The van der Waals surface area contributed by atoms with Crippen LogP contribution in [0.5, 0.6) is 0 Å². The number of aromatic nitrogens is 1. The third-order valence-corrected chi connectivity index (χ3v) is 9.70. The molecule has 9 heteroatoms. The van der Waals surface area contributed by atoms with E-state index in [9.17, 15) is 8.42 Å². The van der Waals surface area contributed by atoms with Gasteiger partial charge in [-0.15, -0.1) is 11.3 Å². The maximum absolute atomic E-state index is 12.9. The Morgan fingerprint density at radius 2 is 1.77 bits per heavy atom. The molecule has 4 rings (SSSR count). The zero-order chi connectivity index (χ0) is 21.3. The van der Waals surface area contributed by atoms with Crippen LogP contribution in [0.2, 0.25) is 10.0 Å². The number of sulfone groups is 1. The number of rotatable bonds is 5. The molecule has 0 radical (unpaired) electrons. The lowest BCUT2D eigenvalue weighted by Gasteiger charge is -2.31. The minimum atomic E-state index is -3.32. The third kappa shape index (κ3) is 4.86. The van der Waals surface area contributed by atoms with Crippen LogP contribution in [-0.2, 0) is 16.3 Å². The van der Waals surface area contributed by atoms with E-state index < -0.39 is 9.84 Å². The summed E-state index contributed by atoms with van der Waals surface area (Å²) in [6.45, 7) is 1.36. The number of benzene rings is 2. The summed E-state index contributed by atoms with van der Waals surface area (Å²) >= 11 is 17.0. The summed E-state index contributed by atoms with van der Waals surface area (Å²) in [5, 5.41) is 3.71. The van der Waals surface area contributed by atoms with Crippen LogP contribution in [0.25, 0.3) is 0 Å². The predicted octanol–water partition coefficient (Wildman–Crippen LogP) is 6.25. The van der Waals surface area contributed by atoms with Crippen LogP contribution in [0.15, 0.2) is 57.2 Å². The first-order valence-corrected chi connectivity index (χ1v) is 13.4. The van der Waals surface area contributed by atoms with Gasteiger partial charge in [0, 0.05) is 29.4 Å². The van der Waals surface area contributed by atoms with Crippen molar-refractivity contribution in [2.45, 2.75) is 29.4 Å². The molecule has 1 fully saturated rings. The van der Waals surface area contributed by atoms with Gasteiger partial charge in [-0.05, 0) is 54.8 Å². The number of piperidine rings is 1. The van der Waals surface area contributed by atoms with Crippen LogP contribution in [-0.4, -0.2) is 31.7 Å². The molecule has 0 aliphatic carbocycles. The molecule has 0 N–H and O–H groups in total. The van der Waals surface area contributed by atoms with Gasteiger partial charge in [0.05, 0.1) is 25.9 Å². The summed E-state index contributed by atoms with van der Waals surface area (Å²) in [5.74, 6) is 0. The average molecular weight is 546 g/mol. The molecule has 1 aliphatic rings. The Morgan fingerprint density at radius 1 is 1.07 bits per heavy atom. The maximum atomic E-state index is 12.9. The molecule has 4 nitrogen and oxygen atoms in total. The quantitative estimate of drug-likeness (QED) is 0.380. The highest BCUT2D eigenvalue weighted by Crippen LogP contribution is 2.30. The summed E-state index contributed by atoms with van der Waals surface area (Å²) in [7, 11) is -3.32.